The zero-order valence-electron chi connectivity index (χ0n) is 19.7. The van der Waals surface area contributed by atoms with E-state index in [1.807, 2.05) is 18.2 Å². The van der Waals surface area contributed by atoms with Crippen LogP contribution in [0.25, 0.3) is 0 Å². The van der Waals surface area contributed by atoms with Crippen LogP contribution in [0.15, 0.2) is 72.8 Å². The van der Waals surface area contributed by atoms with Crippen molar-refractivity contribution < 1.29 is 19.9 Å². The van der Waals surface area contributed by atoms with Gasteiger partial charge in [0.25, 0.3) is 11.4 Å². The van der Waals surface area contributed by atoms with Gasteiger partial charge in [-0.3, -0.25) is 35.2 Å². The average molecular weight is 504 g/mol. The summed E-state index contributed by atoms with van der Waals surface area (Å²) in [5.74, 6) is 5.64. The highest BCUT2D eigenvalue weighted by Crippen LogP contribution is 2.39. The van der Waals surface area contributed by atoms with Gasteiger partial charge in [-0.25, -0.2) is 0 Å². The van der Waals surface area contributed by atoms with Gasteiger partial charge in [0.2, 0.25) is 0 Å². The van der Waals surface area contributed by atoms with Crippen molar-refractivity contribution in [2.24, 2.45) is 0 Å². The fraction of sp³-hybridized carbons (Fsp3) is 0.231. The number of rotatable bonds is 5. The molecular weight excluding hydrogens is 480 g/mol. The first-order valence-corrected chi connectivity index (χ1v) is 11.4. The minimum absolute atomic E-state index is 0.215. The highest BCUT2D eigenvalue weighted by molar-refractivity contribution is 5.64. The van der Waals surface area contributed by atoms with Crippen LogP contribution in [0.3, 0.4) is 0 Å². The molecule has 1 unspecified atom stereocenters. The van der Waals surface area contributed by atoms with Gasteiger partial charge in [0.05, 0.1) is 32.9 Å². The van der Waals surface area contributed by atoms with Crippen molar-refractivity contribution >= 4 is 17.1 Å². The maximum Gasteiger partial charge on any atom is 0.324 e. The lowest BCUT2D eigenvalue weighted by molar-refractivity contribution is -0.404. The Labute approximate surface area is 212 Å². The molecule has 190 valence electrons. The monoisotopic (exact) mass is 504 g/mol. The Hall–Kier alpha value is -4.82. The van der Waals surface area contributed by atoms with Crippen molar-refractivity contribution in [1.29, 1.82) is 0 Å². The van der Waals surface area contributed by atoms with Crippen molar-refractivity contribution in [1.82, 2.24) is 4.90 Å². The second kappa shape index (κ2) is 12.8. The number of hydrogen-bond acceptors (Lipinski definition) is 8. The lowest BCUT2D eigenvalue weighted by atomic mass is 10.0. The van der Waals surface area contributed by atoms with Crippen LogP contribution < -0.4 is 0 Å². The van der Waals surface area contributed by atoms with E-state index in [4.69, 9.17) is 5.11 Å². The molecule has 0 bridgehead atoms. The largest absolute Gasteiger partial charge is 0.497 e. The molecule has 11 nitrogen and oxygen atoms in total. The van der Waals surface area contributed by atoms with E-state index < -0.39 is 37.6 Å². The highest BCUT2D eigenvalue weighted by Gasteiger charge is 2.30. The van der Waals surface area contributed by atoms with E-state index in [0.29, 0.717) is 12.1 Å². The number of benzene rings is 3. The van der Waals surface area contributed by atoms with Crippen LogP contribution in [0.5, 0.6) is 5.75 Å². The number of nitro benzene ring substituents is 3. The summed E-state index contributed by atoms with van der Waals surface area (Å²) >= 11 is 0. The molecule has 0 spiro atoms. The lowest BCUT2D eigenvalue weighted by Gasteiger charge is -2.31. The predicted molar refractivity (Wildman–Crippen MR) is 136 cm³/mol. The molecule has 11 heteroatoms. The topological polar surface area (TPSA) is 153 Å². The van der Waals surface area contributed by atoms with Crippen LogP contribution in [0, 0.1) is 42.2 Å². The van der Waals surface area contributed by atoms with Crippen LogP contribution in [0.4, 0.5) is 17.1 Å². The predicted octanol–water partition coefficient (Wildman–Crippen LogP) is 5.38. The fourth-order valence-corrected chi connectivity index (χ4v) is 3.84. The van der Waals surface area contributed by atoms with E-state index in [-0.39, 0.29) is 6.04 Å². The quantitative estimate of drug-likeness (QED) is 0.276. The molecule has 1 aliphatic rings. The number of aromatic hydroxyl groups is 1. The second-order valence-electron chi connectivity index (χ2n) is 8.15. The van der Waals surface area contributed by atoms with Crippen LogP contribution in [0.1, 0.15) is 36.4 Å². The third-order valence-electron chi connectivity index (χ3n) is 5.66. The third-order valence-corrected chi connectivity index (χ3v) is 5.66. The average Bonchev–Trinajstić information content (AvgIpc) is 2.90. The summed E-state index contributed by atoms with van der Waals surface area (Å²) in [6.45, 7) is 2.31. The number of likely N-dealkylation sites (tertiary alicyclic amines) is 1. The molecule has 1 aliphatic heterocycles. The van der Waals surface area contributed by atoms with Crippen molar-refractivity contribution in [3.8, 4) is 17.6 Å². The molecule has 0 aromatic heterocycles. The van der Waals surface area contributed by atoms with Crippen LogP contribution in [-0.4, -0.2) is 37.9 Å². The minimum Gasteiger partial charge on any atom is -0.497 e. The van der Waals surface area contributed by atoms with Crippen molar-refractivity contribution in [3.63, 3.8) is 0 Å². The standard InChI is InChI=1S/C20H21N.C6H3N3O7/c1-4-10-18(11-5-1)14-15-20(19-12-6-2-7-13-19)21-16-8-3-9-17-21;10-6-4(8(13)14)1-3(7(11)12)2-5(6)9(15)16/h1-2,4-7,10-13,20H,3,8-9,16-17H2;1-2,10H. The molecular formula is C26H24N4O7. The second-order valence-corrected chi connectivity index (χ2v) is 8.15. The fourth-order valence-electron chi connectivity index (χ4n) is 3.84. The molecule has 1 N–H and O–H groups in total. The van der Waals surface area contributed by atoms with E-state index >= 15 is 0 Å². The van der Waals surface area contributed by atoms with E-state index in [1.165, 1.54) is 24.8 Å². The normalized spacial score (nSPS) is 13.7. The van der Waals surface area contributed by atoms with Gasteiger partial charge in [0.15, 0.2) is 0 Å². The smallest absolute Gasteiger partial charge is 0.324 e. The summed E-state index contributed by atoms with van der Waals surface area (Å²) in [6.07, 6.45) is 3.93. The third kappa shape index (κ3) is 7.33. The molecule has 3 aromatic rings. The highest BCUT2D eigenvalue weighted by atomic mass is 16.6. The molecule has 37 heavy (non-hydrogen) atoms. The molecule has 1 heterocycles. The number of nitrogens with zero attached hydrogens (tertiary/aromatic N) is 4. The van der Waals surface area contributed by atoms with Gasteiger partial charge < -0.3 is 5.11 Å². The van der Waals surface area contributed by atoms with Crippen LogP contribution in [0.2, 0.25) is 0 Å². The Bertz CT molecular complexity index is 1280. The van der Waals surface area contributed by atoms with E-state index in [1.54, 1.807) is 0 Å². The number of phenols is 1. The molecule has 0 aliphatic carbocycles. The maximum atomic E-state index is 10.4. The van der Waals surface area contributed by atoms with Crippen LogP contribution in [-0.2, 0) is 0 Å². The summed E-state index contributed by atoms with van der Waals surface area (Å²) in [6, 6.07) is 22.1. The molecule has 0 saturated carbocycles. The van der Waals surface area contributed by atoms with Gasteiger partial charge in [-0.05, 0) is 43.6 Å². The molecule has 3 aromatic carbocycles. The van der Waals surface area contributed by atoms with E-state index in [9.17, 15) is 30.3 Å². The number of nitro groups is 3. The Morgan fingerprint density at radius 2 is 1.27 bits per heavy atom. The summed E-state index contributed by atoms with van der Waals surface area (Å²) in [7, 11) is 0. The summed E-state index contributed by atoms with van der Waals surface area (Å²) < 4.78 is 0. The van der Waals surface area contributed by atoms with Gasteiger partial charge in [-0.2, -0.15) is 0 Å². The first kappa shape index (κ1) is 26.8. The molecule has 0 amide bonds. The first-order valence-electron chi connectivity index (χ1n) is 11.4. The van der Waals surface area contributed by atoms with Gasteiger partial charge >= 0.3 is 11.4 Å². The van der Waals surface area contributed by atoms with Gasteiger partial charge in [0.1, 0.15) is 0 Å². The van der Waals surface area contributed by atoms with Crippen molar-refractivity contribution in [2.45, 2.75) is 25.3 Å². The van der Waals surface area contributed by atoms with Crippen molar-refractivity contribution in [3.05, 3.63) is 114 Å². The van der Waals surface area contributed by atoms with E-state index in [2.05, 4.69) is 59.2 Å². The van der Waals surface area contributed by atoms with Crippen LogP contribution >= 0.6 is 0 Å². The molecule has 1 saturated heterocycles. The minimum atomic E-state index is -1.21. The Morgan fingerprint density at radius 1 is 0.757 bits per heavy atom. The van der Waals surface area contributed by atoms with Gasteiger partial charge in [0, 0.05) is 5.56 Å². The zero-order chi connectivity index (χ0) is 26.8. The Morgan fingerprint density at radius 3 is 1.76 bits per heavy atom. The lowest BCUT2D eigenvalue weighted by Crippen LogP contribution is -2.33. The molecule has 4 rings (SSSR count). The SMILES string of the molecule is C(#CC(c1ccccc1)N1CCCCC1)c1ccccc1.O=[N+]([O-])c1cc([N+](=O)[O-])c(O)c([N+](=O)[O-])c1. The molecule has 0 radical (unpaired) electrons. The van der Waals surface area contributed by atoms with Crippen molar-refractivity contribution in [2.75, 3.05) is 13.1 Å². The number of piperidine rings is 1. The van der Waals surface area contributed by atoms with Gasteiger partial charge in [-0.1, -0.05) is 66.8 Å². The summed E-state index contributed by atoms with van der Waals surface area (Å²) in [4.78, 5) is 30.3. The molecule has 1 atom stereocenters. The zero-order valence-corrected chi connectivity index (χ0v) is 19.7. The number of phenolic OH excluding ortho intramolecular Hbond substituents is 1. The molecule has 1 fully saturated rings. The first-order chi connectivity index (χ1) is 17.8. The van der Waals surface area contributed by atoms with E-state index in [0.717, 1.165) is 18.7 Å². The maximum absolute atomic E-state index is 10.4. The summed E-state index contributed by atoms with van der Waals surface area (Å²) in [5, 5.41) is 40.2. The Kier molecular flexibility index (Phi) is 9.23. The summed E-state index contributed by atoms with van der Waals surface area (Å²) in [5.41, 5.74) is -0.601. The Balaban J connectivity index is 0.000000214. The number of non-ortho nitro benzene ring substituents is 1. The van der Waals surface area contributed by atoms with Gasteiger partial charge in [-0.15, -0.1) is 0 Å². The number of hydrogen-bond donors (Lipinski definition) is 1.